The normalized spacial score (nSPS) is 23.2. The molecule has 0 aromatic heterocycles. The highest BCUT2D eigenvalue weighted by atomic mass is 19.3. The molecule has 1 aliphatic heterocycles. The molecule has 10 heavy (non-hydrogen) atoms. The highest BCUT2D eigenvalue weighted by Crippen LogP contribution is 2.31. The quantitative estimate of drug-likeness (QED) is 0.531. The second kappa shape index (κ2) is 2.07. The van der Waals surface area contributed by atoms with Crippen molar-refractivity contribution in [2.45, 2.75) is 18.9 Å². The van der Waals surface area contributed by atoms with Crippen LogP contribution in [-0.2, 0) is 0 Å². The van der Waals surface area contributed by atoms with Crippen LogP contribution in [0.25, 0.3) is 0 Å². The number of alkyl halides is 2. The zero-order chi connectivity index (χ0) is 7.78. The Morgan fingerprint density at radius 2 is 2.20 bits per heavy atom. The minimum atomic E-state index is -3.13. The van der Waals surface area contributed by atoms with Crippen LogP contribution in [0.5, 0.6) is 0 Å². The van der Waals surface area contributed by atoms with Gasteiger partial charge in [0, 0.05) is 13.0 Å². The molecule has 58 valence electrons. The Labute approximate surface area is 56.2 Å². The molecule has 1 amide bonds. The van der Waals surface area contributed by atoms with E-state index in [0.29, 0.717) is 0 Å². The third-order valence-electron chi connectivity index (χ3n) is 1.49. The first-order chi connectivity index (χ1) is 4.54. The largest absolute Gasteiger partial charge is 0.465 e. The number of rotatable bonds is 0. The molecule has 0 saturated carbocycles. The number of carbonyl (C=O) groups is 1. The van der Waals surface area contributed by atoms with E-state index in [-0.39, 0.29) is 24.3 Å². The fourth-order valence-electron chi connectivity index (χ4n) is 0.984. The van der Waals surface area contributed by atoms with Gasteiger partial charge in [0.2, 0.25) is 0 Å². The average molecular weight is 151 g/mol. The van der Waals surface area contributed by atoms with E-state index in [0.717, 1.165) is 0 Å². The van der Waals surface area contributed by atoms with E-state index in [4.69, 9.17) is 5.11 Å². The van der Waals surface area contributed by atoms with Gasteiger partial charge in [-0.15, -0.1) is 0 Å². The molecule has 1 fully saturated rings. The van der Waals surface area contributed by atoms with Gasteiger partial charge in [-0.3, -0.25) is 0 Å². The van der Waals surface area contributed by atoms with Crippen LogP contribution < -0.4 is 0 Å². The first kappa shape index (κ1) is 7.24. The lowest BCUT2D eigenvalue weighted by atomic mass is 10.4. The van der Waals surface area contributed by atoms with Gasteiger partial charge in [0.25, 0.3) is 0 Å². The third kappa shape index (κ3) is 1.03. The summed E-state index contributed by atoms with van der Waals surface area (Å²) < 4.78 is 24.8. The zero-order valence-corrected chi connectivity index (χ0v) is 5.18. The summed E-state index contributed by atoms with van der Waals surface area (Å²) in [6, 6.07) is -3.13. The van der Waals surface area contributed by atoms with Gasteiger partial charge in [0.1, 0.15) is 0 Å². The van der Waals surface area contributed by atoms with E-state index in [1.54, 1.807) is 0 Å². The van der Waals surface area contributed by atoms with Gasteiger partial charge in [-0.05, 0) is 6.42 Å². The maximum atomic E-state index is 12.4. The van der Waals surface area contributed by atoms with E-state index >= 15 is 0 Å². The number of hydrogen-bond donors (Lipinski definition) is 1. The monoisotopic (exact) mass is 151 g/mol. The number of halogens is 2. The summed E-state index contributed by atoms with van der Waals surface area (Å²) in [5.41, 5.74) is 0. The van der Waals surface area contributed by atoms with Crippen molar-refractivity contribution in [3.63, 3.8) is 0 Å². The Bertz CT molecular complexity index is 160. The minimum absolute atomic E-state index is 0.0532. The molecule has 1 aliphatic rings. The van der Waals surface area contributed by atoms with Crippen LogP contribution in [0.3, 0.4) is 0 Å². The minimum Gasteiger partial charge on any atom is -0.465 e. The maximum absolute atomic E-state index is 12.4. The summed E-state index contributed by atoms with van der Waals surface area (Å²) >= 11 is 0. The lowest BCUT2D eigenvalue weighted by Gasteiger charge is -2.19. The molecule has 3 nitrogen and oxygen atoms in total. The van der Waals surface area contributed by atoms with E-state index in [1.807, 2.05) is 0 Å². The molecule has 0 aromatic carbocycles. The number of nitrogens with zero attached hydrogens (tertiary/aromatic N) is 1. The summed E-state index contributed by atoms with van der Waals surface area (Å²) in [7, 11) is 0. The molecule has 0 bridgehead atoms. The van der Waals surface area contributed by atoms with Crippen molar-refractivity contribution in [2.75, 3.05) is 6.54 Å². The molecule has 0 aliphatic carbocycles. The molecular weight excluding hydrogens is 144 g/mol. The Hall–Kier alpha value is -0.870. The predicted octanol–water partition coefficient (Wildman–Crippen LogP) is 1.35. The number of carboxylic acid groups (broad SMARTS) is 1. The third-order valence-corrected chi connectivity index (χ3v) is 1.49. The second-order valence-corrected chi connectivity index (χ2v) is 2.20. The molecular formula is C5H7F2NO2. The van der Waals surface area contributed by atoms with Crippen LogP contribution in [0.1, 0.15) is 12.8 Å². The van der Waals surface area contributed by atoms with Crippen LogP contribution in [0.2, 0.25) is 0 Å². The Morgan fingerprint density at radius 1 is 1.60 bits per heavy atom. The van der Waals surface area contributed by atoms with Gasteiger partial charge in [-0.1, -0.05) is 0 Å². The highest BCUT2D eigenvalue weighted by molar-refractivity contribution is 5.65. The van der Waals surface area contributed by atoms with Crippen molar-refractivity contribution in [3.8, 4) is 0 Å². The Morgan fingerprint density at radius 3 is 2.40 bits per heavy atom. The number of amides is 1. The number of hydrogen-bond acceptors (Lipinski definition) is 1. The van der Waals surface area contributed by atoms with E-state index in [9.17, 15) is 13.6 Å². The van der Waals surface area contributed by atoms with Crippen molar-refractivity contribution in [1.29, 1.82) is 0 Å². The molecule has 1 heterocycles. The molecule has 5 heteroatoms. The first-order valence-corrected chi connectivity index (χ1v) is 2.92. The lowest BCUT2D eigenvalue weighted by molar-refractivity contribution is -0.101. The van der Waals surface area contributed by atoms with Crippen molar-refractivity contribution >= 4 is 6.09 Å². The van der Waals surface area contributed by atoms with Gasteiger partial charge >= 0.3 is 12.1 Å². The Balaban J connectivity index is 2.68. The average Bonchev–Trinajstić information content (AvgIpc) is 2.08. The van der Waals surface area contributed by atoms with Crippen molar-refractivity contribution in [2.24, 2.45) is 0 Å². The number of likely N-dealkylation sites (tertiary alicyclic amines) is 1. The molecule has 0 atom stereocenters. The summed E-state index contributed by atoms with van der Waals surface area (Å²) in [6.07, 6.45) is -1.64. The fraction of sp³-hybridized carbons (Fsp3) is 0.800. The van der Waals surface area contributed by atoms with E-state index < -0.39 is 12.1 Å². The van der Waals surface area contributed by atoms with Crippen LogP contribution >= 0.6 is 0 Å². The van der Waals surface area contributed by atoms with Crippen LogP contribution in [-0.4, -0.2) is 28.7 Å². The molecule has 1 saturated heterocycles. The summed E-state index contributed by atoms with van der Waals surface area (Å²) in [4.78, 5) is 10.2. The van der Waals surface area contributed by atoms with Gasteiger partial charge < -0.3 is 5.11 Å². The molecule has 0 spiro atoms. The van der Waals surface area contributed by atoms with Gasteiger partial charge in [-0.2, -0.15) is 8.78 Å². The van der Waals surface area contributed by atoms with E-state index in [2.05, 4.69) is 0 Å². The van der Waals surface area contributed by atoms with E-state index in [1.165, 1.54) is 0 Å². The smallest absolute Gasteiger partial charge is 0.411 e. The van der Waals surface area contributed by atoms with Crippen LogP contribution in [0.4, 0.5) is 13.6 Å². The summed E-state index contributed by atoms with van der Waals surface area (Å²) in [5.74, 6) is 0. The maximum Gasteiger partial charge on any atom is 0.411 e. The lowest BCUT2D eigenvalue weighted by Crippen LogP contribution is -2.39. The van der Waals surface area contributed by atoms with Crippen molar-refractivity contribution in [1.82, 2.24) is 4.90 Å². The van der Waals surface area contributed by atoms with Crippen molar-refractivity contribution < 1.29 is 18.7 Å². The van der Waals surface area contributed by atoms with Crippen molar-refractivity contribution in [3.05, 3.63) is 0 Å². The zero-order valence-electron chi connectivity index (χ0n) is 5.18. The summed E-state index contributed by atoms with van der Waals surface area (Å²) in [6.45, 7) is -0.0532. The van der Waals surface area contributed by atoms with Gasteiger partial charge in [-0.25, -0.2) is 9.69 Å². The topological polar surface area (TPSA) is 40.5 Å². The molecule has 0 aromatic rings. The second-order valence-electron chi connectivity index (χ2n) is 2.20. The SMILES string of the molecule is O=C(O)N1CCCC1(F)F. The molecule has 1 rings (SSSR count). The van der Waals surface area contributed by atoms with Gasteiger partial charge in [0.15, 0.2) is 0 Å². The summed E-state index contributed by atoms with van der Waals surface area (Å²) in [5, 5.41) is 8.19. The van der Waals surface area contributed by atoms with Crippen LogP contribution in [0.15, 0.2) is 0 Å². The predicted molar refractivity (Wildman–Crippen MR) is 28.9 cm³/mol. The molecule has 0 radical (unpaired) electrons. The first-order valence-electron chi connectivity index (χ1n) is 2.92. The fourth-order valence-corrected chi connectivity index (χ4v) is 0.984. The molecule has 0 unspecified atom stereocenters. The standard InChI is InChI=1S/C5H7F2NO2/c6-5(7)2-1-3-8(5)4(9)10/h1-3H2,(H,9,10). The Kier molecular flexibility index (Phi) is 1.50. The van der Waals surface area contributed by atoms with Gasteiger partial charge in [0.05, 0.1) is 0 Å². The molecule has 1 N–H and O–H groups in total. The van der Waals surface area contributed by atoms with Crippen LogP contribution in [0, 0.1) is 0 Å². The highest BCUT2D eigenvalue weighted by Gasteiger charge is 2.44.